The van der Waals surface area contributed by atoms with Gasteiger partial charge in [0.25, 0.3) is 0 Å². The highest BCUT2D eigenvalue weighted by Crippen LogP contribution is 2.28. The van der Waals surface area contributed by atoms with Crippen molar-refractivity contribution in [1.82, 2.24) is 10.6 Å². The first-order valence-corrected chi connectivity index (χ1v) is 5.33. The maximum absolute atomic E-state index is 11.4. The maximum atomic E-state index is 11.4. The predicted molar refractivity (Wildman–Crippen MR) is 57.2 cm³/mol. The van der Waals surface area contributed by atoms with Crippen LogP contribution < -0.4 is 10.6 Å². The first kappa shape index (κ1) is 12.8. The molecule has 2 amide bonds. The number of amides is 2. The van der Waals surface area contributed by atoms with Crippen molar-refractivity contribution in [1.29, 1.82) is 0 Å². The Morgan fingerprint density at radius 1 is 1.56 bits per heavy atom. The molecule has 0 spiro atoms. The van der Waals surface area contributed by atoms with Crippen LogP contribution in [0.4, 0.5) is 4.79 Å². The minimum atomic E-state index is -1.05. The largest absolute Gasteiger partial charge is 0.480 e. The molecule has 0 aromatic heterocycles. The Kier molecular flexibility index (Phi) is 4.54. The van der Waals surface area contributed by atoms with Gasteiger partial charge < -0.3 is 20.5 Å². The van der Waals surface area contributed by atoms with Crippen molar-refractivity contribution in [2.75, 3.05) is 13.7 Å². The van der Waals surface area contributed by atoms with Crippen LogP contribution in [0.5, 0.6) is 0 Å². The van der Waals surface area contributed by atoms with Gasteiger partial charge in [-0.15, -0.1) is 0 Å². The fourth-order valence-corrected chi connectivity index (χ4v) is 1.38. The first-order chi connectivity index (χ1) is 7.54. The van der Waals surface area contributed by atoms with E-state index in [0.29, 0.717) is 12.5 Å². The third-order valence-corrected chi connectivity index (χ3v) is 2.64. The summed E-state index contributed by atoms with van der Waals surface area (Å²) in [5.41, 5.74) is 0. The lowest BCUT2D eigenvalue weighted by atomic mass is 10.2. The van der Waals surface area contributed by atoms with Crippen molar-refractivity contribution in [2.45, 2.75) is 31.8 Å². The molecule has 0 radical (unpaired) electrons. The number of carboxylic acid groups (broad SMARTS) is 1. The van der Waals surface area contributed by atoms with Gasteiger partial charge in [-0.3, -0.25) is 0 Å². The zero-order valence-corrected chi connectivity index (χ0v) is 9.53. The molecule has 0 saturated heterocycles. The highest BCUT2D eigenvalue weighted by molar-refractivity contribution is 5.82. The molecule has 92 valence electrons. The van der Waals surface area contributed by atoms with Gasteiger partial charge >= 0.3 is 12.0 Å². The van der Waals surface area contributed by atoms with Crippen LogP contribution >= 0.6 is 0 Å². The Morgan fingerprint density at radius 3 is 2.62 bits per heavy atom. The third kappa shape index (κ3) is 4.06. The number of carboxylic acids is 1. The van der Waals surface area contributed by atoms with Crippen LogP contribution in [-0.4, -0.2) is 42.9 Å². The van der Waals surface area contributed by atoms with Crippen molar-refractivity contribution >= 4 is 12.0 Å². The van der Waals surface area contributed by atoms with Crippen LogP contribution in [0.25, 0.3) is 0 Å². The molecule has 1 aliphatic carbocycles. The van der Waals surface area contributed by atoms with Crippen molar-refractivity contribution < 1.29 is 19.4 Å². The summed E-state index contributed by atoms with van der Waals surface area (Å²) < 4.78 is 4.78. The zero-order valence-electron chi connectivity index (χ0n) is 9.53. The highest BCUT2D eigenvalue weighted by atomic mass is 16.5. The van der Waals surface area contributed by atoms with Gasteiger partial charge in [0.05, 0.1) is 0 Å². The van der Waals surface area contributed by atoms with Crippen LogP contribution in [-0.2, 0) is 9.53 Å². The third-order valence-electron chi connectivity index (χ3n) is 2.64. The van der Waals surface area contributed by atoms with E-state index in [4.69, 9.17) is 9.84 Å². The summed E-state index contributed by atoms with van der Waals surface area (Å²) in [5, 5.41) is 14.0. The van der Waals surface area contributed by atoms with E-state index in [1.165, 1.54) is 7.11 Å². The minimum absolute atomic E-state index is 0.192. The average Bonchev–Trinajstić information content (AvgIpc) is 2.88. The van der Waals surface area contributed by atoms with E-state index in [1.54, 1.807) is 0 Å². The van der Waals surface area contributed by atoms with Crippen molar-refractivity contribution in [2.24, 2.45) is 5.92 Å². The summed E-state index contributed by atoms with van der Waals surface area (Å²) in [4.78, 5) is 22.2. The number of rotatable bonds is 6. The van der Waals surface area contributed by atoms with E-state index in [0.717, 1.165) is 6.42 Å². The molecule has 0 aromatic rings. The van der Waals surface area contributed by atoms with E-state index < -0.39 is 18.0 Å². The van der Waals surface area contributed by atoms with Gasteiger partial charge in [-0.2, -0.15) is 0 Å². The Morgan fingerprint density at radius 2 is 2.19 bits per heavy atom. The molecular formula is C10H18N2O4. The second kappa shape index (κ2) is 5.69. The fourth-order valence-electron chi connectivity index (χ4n) is 1.38. The molecule has 1 fully saturated rings. The fraction of sp³-hybridized carbons (Fsp3) is 0.800. The summed E-state index contributed by atoms with van der Waals surface area (Å²) >= 11 is 0. The molecule has 0 aliphatic heterocycles. The molecule has 0 heterocycles. The Labute approximate surface area is 94.3 Å². The molecule has 1 rings (SSSR count). The zero-order chi connectivity index (χ0) is 12.1. The number of urea groups is 1. The van der Waals surface area contributed by atoms with E-state index in [2.05, 4.69) is 10.6 Å². The molecule has 1 saturated carbocycles. The Balaban J connectivity index is 2.29. The molecule has 16 heavy (non-hydrogen) atoms. The van der Waals surface area contributed by atoms with E-state index >= 15 is 0 Å². The molecule has 0 aromatic carbocycles. The Bertz CT molecular complexity index is 270. The Hall–Kier alpha value is -1.30. The van der Waals surface area contributed by atoms with Crippen LogP contribution in [0.1, 0.15) is 19.8 Å². The van der Waals surface area contributed by atoms with Gasteiger partial charge in [0, 0.05) is 26.2 Å². The lowest BCUT2D eigenvalue weighted by Gasteiger charge is -2.14. The van der Waals surface area contributed by atoms with Gasteiger partial charge in [-0.1, -0.05) is 6.92 Å². The molecule has 0 bridgehead atoms. The highest BCUT2D eigenvalue weighted by Gasteiger charge is 2.34. The first-order valence-electron chi connectivity index (χ1n) is 5.33. The van der Waals surface area contributed by atoms with Crippen molar-refractivity contribution in [3.63, 3.8) is 0 Å². The van der Waals surface area contributed by atoms with Crippen molar-refractivity contribution in [3.05, 3.63) is 0 Å². The normalized spacial score (nSPS) is 24.6. The minimum Gasteiger partial charge on any atom is -0.480 e. The van der Waals surface area contributed by atoms with Crippen LogP contribution in [0.2, 0.25) is 0 Å². The number of hydrogen-bond donors (Lipinski definition) is 3. The summed E-state index contributed by atoms with van der Waals surface area (Å²) in [6.07, 6.45) is 1.22. The quantitative estimate of drug-likeness (QED) is 0.607. The number of methoxy groups -OCH3 is 1. The van der Waals surface area contributed by atoms with Gasteiger partial charge in [0.2, 0.25) is 0 Å². The summed E-state index contributed by atoms with van der Waals surface area (Å²) in [6, 6.07) is -1.12. The van der Waals surface area contributed by atoms with E-state index in [-0.39, 0.29) is 12.5 Å². The molecule has 3 N–H and O–H groups in total. The number of ether oxygens (including phenoxy) is 1. The number of aliphatic carboxylic acids is 1. The summed E-state index contributed by atoms with van der Waals surface area (Å²) in [7, 11) is 1.49. The second-order valence-corrected chi connectivity index (χ2v) is 4.11. The summed E-state index contributed by atoms with van der Waals surface area (Å²) in [6.45, 7) is 2.33. The molecular weight excluding hydrogens is 212 g/mol. The average molecular weight is 230 g/mol. The molecule has 3 unspecified atom stereocenters. The number of carbonyl (C=O) groups is 2. The SMILES string of the molecule is COCCC(NC(=O)NC1CC1C)C(=O)O. The lowest BCUT2D eigenvalue weighted by Crippen LogP contribution is -2.47. The summed E-state index contributed by atoms with van der Waals surface area (Å²) in [5.74, 6) is -0.552. The van der Waals surface area contributed by atoms with Crippen LogP contribution in [0, 0.1) is 5.92 Å². The van der Waals surface area contributed by atoms with Gasteiger partial charge in [0.1, 0.15) is 6.04 Å². The van der Waals surface area contributed by atoms with Crippen molar-refractivity contribution in [3.8, 4) is 0 Å². The number of hydrogen-bond acceptors (Lipinski definition) is 3. The van der Waals surface area contributed by atoms with E-state index in [1.807, 2.05) is 6.92 Å². The molecule has 6 nitrogen and oxygen atoms in total. The number of nitrogens with one attached hydrogen (secondary N) is 2. The number of carbonyl (C=O) groups excluding carboxylic acids is 1. The molecule has 1 aliphatic rings. The van der Waals surface area contributed by atoms with Gasteiger partial charge in [-0.05, 0) is 12.3 Å². The van der Waals surface area contributed by atoms with Crippen LogP contribution in [0.3, 0.4) is 0 Å². The molecule has 6 heteroatoms. The van der Waals surface area contributed by atoms with Gasteiger partial charge in [-0.25, -0.2) is 9.59 Å². The molecule has 3 atom stereocenters. The van der Waals surface area contributed by atoms with E-state index in [9.17, 15) is 9.59 Å². The second-order valence-electron chi connectivity index (χ2n) is 4.11. The van der Waals surface area contributed by atoms with Crippen LogP contribution in [0.15, 0.2) is 0 Å². The lowest BCUT2D eigenvalue weighted by molar-refractivity contribution is -0.139. The maximum Gasteiger partial charge on any atom is 0.326 e. The van der Waals surface area contributed by atoms with Gasteiger partial charge in [0.15, 0.2) is 0 Å². The standard InChI is InChI=1S/C10H18N2O4/c1-6-5-8(6)12-10(15)11-7(9(13)14)3-4-16-2/h6-8H,3-5H2,1-2H3,(H,13,14)(H2,11,12,15). The monoisotopic (exact) mass is 230 g/mol. The smallest absolute Gasteiger partial charge is 0.326 e. The topological polar surface area (TPSA) is 87.7 Å². The predicted octanol–water partition coefficient (Wildman–Crippen LogP) is 0.184.